The van der Waals surface area contributed by atoms with Crippen molar-refractivity contribution in [1.82, 2.24) is 4.90 Å². The van der Waals surface area contributed by atoms with Crippen LogP contribution >= 0.6 is 11.3 Å². The Labute approximate surface area is 169 Å². The molecule has 3 aromatic rings. The van der Waals surface area contributed by atoms with Gasteiger partial charge in [-0.05, 0) is 31.9 Å². The highest BCUT2D eigenvalue weighted by molar-refractivity contribution is 7.17. The van der Waals surface area contributed by atoms with Crippen molar-refractivity contribution in [1.29, 1.82) is 0 Å². The first-order valence-corrected chi connectivity index (χ1v) is 9.96. The molecule has 0 radical (unpaired) electrons. The van der Waals surface area contributed by atoms with E-state index in [9.17, 15) is 19.7 Å². The predicted molar refractivity (Wildman–Crippen MR) is 106 cm³/mol. The summed E-state index contributed by atoms with van der Waals surface area (Å²) in [5.41, 5.74) is 1.65. The number of amides is 1. The molecule has 1 saturated heterocycles. The number of thiophene rings is 1. The number of carbonyl (C=O) groups excluding carboxylic acids is 2. The second kappa shape index (κ2) is 7.67. The van der Waals surface area contributed by atoms with Crippen LogP contribution in [0, 0.1) is 17.0 Å². The van der Waals surface area contributed by atoms with E-state index in [4.69, 9.17) is 9.15 Å². The number of carbonyl (C=O) groups is 2. The van der Waals surface area contributed by atoms with Crippen molar-refractivity contribution in [2.45, 2.75) is 32.4 Å². The Balaban J connectivity index is 1.45. The summed E-state index contributed by atoms with van der Waals surface area (Å²) in [5, 5.41) is 11.7. The first-order valence-electron chi connectivity index (χ1n) is 9.14. The van der Waals surface area contributed by atoms with Gasteiger partial charge in [-0.15, -0.1) is 0 Å². The van der Waals surface area contributed by atoms with Crippen LogP contribution in [0.15, 0.2) is 40.8 Å². The number of rotatable bonds is 5. The second-order valence-corrected chi connectivity index (χ2v) is 7.87. The lowest BCUT2D eigenvalue weighted by Gasteiger charge is -2.22. The van der Waals surface area contributed by atoms with E-state index in [0.29, 0.717) is 25.1 Å². The van der Waals surface area contributed by atoms with Gasteiger partial charge in [0.2, 0.25) is 0 Å². The van der Waals surface area contributed by atoms with Crippen molar-refractivity contribution in [3.05, 3.63) is 62.7 Å². The molecule has 4 rings (SSSR count). The van der Waals surface area contributed by atoms with Gasteiger partial charge in [0.05, 0.1) is 9.80 Å². The van der Waals surface area contributed by atoms with Crippen LogP contribution in [0.25, 0.3) is 11.0 Å². The highest BCUT2D eigenvalue weighted by atomic mass is 32.1. The summed E-state index contributed by atoms with van der Waals surface area (Å²) in [7, 11) is 0. The number of hydrogen-bond donors (Lipinski definition) is 0. The van der Waals surface area contributed by atoms with Gasteiger partial charge in [0, 0.05) is 23.6 Å². The third kappa shape index (κ3) is 3.61. The molecule has 0 bridgehead atoms. The first kappa shape index (κ1) is 19.1. The largest absolute Gasteiger partial charge is 0.457 e. The molecule has 150 valence electrons. The average Bonchev–Trinajstić information content (AvgIpc) is 3.45. The average molecular weight is 414 g/mol. The Morgan fingerprint density at radius 1 is 1.31 bits per heavy atom. The minimum atomic E-state index is -0.701. The molecule has 0 aliphatic carbocycles. The maximum Gasteiger partial charge on any atom is 0.329 e. The van der Waals surface area contributed by atoms with Crippen LogP contribution in [0.3, 0.4) is 0 Å². The molecule has 1 amide bonds. The van der Waals surface area contributed by atoms with E-state index in [0.717, 1.165) is 27.9 Å². The van der Waals surface area contributed by atoms with Crippen molar-refractivity contribution in [3.8, 4) is 0 Å². The van der Waals surface area contributed by atoms with E-state index in [1.165, 1.54) is 17.0 Å². The second-order valence-electron chi connectivity index (χ2n) is 6.81. The normalized spacial score (nSPS) is 16.3. The highest BCUT2D eigenvalue weighted by Crippen LogP contribution is 2.29. The van der Waals surface area contributed by atoms with Crippen molar-refractivity contribution in [2.24, 2.45) is 0 Å². The zero-order valence-corrected chi connectivity index (χ0v) is 16.4. The summed E-state index contributed by atoms with van der Waals surface area (Å²) in [6.07, 6.45) is 1.17. The number of para-hydroxylation sites is 1. The van der Waals surface area contributed by atoms with Gasteiger partial charge in [0.15, 0.2) is 0 Å². The van der Waals surface area contributed by atoms with Gasteiger partial charge in [-0.3, -0.25) is 14.9 Å². The van der Waals surface area contributed by atoms with Gasteiger partial charge in [-0.1, -0.05) is 29.5 Å². The van der Waals surface area contributed by atoms with Gasteiger partial charge in [0.1, 0.15) is 24.0 Å². The number of benzene rings is 1. The maximum absolute atomic E-state index is 12.7. The Hall–Kier alpha value is -3.20. The summed E-state index contributed by atoms with van der Waals surface area (Å²) >= 11 is 0.807. The van der Waals surface area contributed by atoms with E-state index in [-0.39, 0.29) is 22.4 Å². The molecule has 1 fully saturated rings. The summed E-state index contributed by atoms with van der Waals surface area (Å²) in [5.74, 6) is -0.312. The Kier molecular flexibility index (Phi) is 5.06. The predicted octanol–water partition coefficient (Wildman–Crippen LogP) is 4.06. The van der Waals surface area contributed by atoms with Gasteiger partial charge >= 0.3 is 11.0 Å². The highest BCUT2D eigenvalue weighted by Gasteiger charge is 2.36. The minimum absolute atomic E-state index is 0.0116. The SMILES string of the molecule is Cc1c(COC(=O)C2CCCN2C(=O)c2ccc([N+](=O)[O-])s2)oc2ccccc12. The van der Waals surface area contributed by atoms with Gasteiger partial charge < -0.3 is 14.1 Å². The van der Waals surface area contributed by atoms with E-state index in [1.54, 1.807) is 0 Å². The summed E-state index contributed by atoms with van der Waals surface area (Å²) in [6.45, 7) is 2.31. The van der Waals surface area contributed by atoms with Crippen LogP contribution in [-0.2, 0) is 16.1 Å². The van der Waals surface area contributed by atoms with Crippen molar-refractivity contribution in [2.75, 3.05) is 6.54 Å². The van der Waals surface area contributed by atoms with Gasteiger partial charge in [-0.25, -0.2) is 4.79 Å². The monoisotopic (exact) mass is 414 g/mol. The third-order valence-electron chi connectivity index (χ3n) is 5.06. The quantitative estimate of drug-likeness (QED) is 0.354. The molecule has 29 heavy (non-hydrogen) atoms. The fourth-order valence-corrected chi connectivity index (χ4v) is 4.31. The number of nitro groups is 1. The number of ether oxygens (including phenoxy) is 1. The lowest BCUT2D eigenvalue weighted by Crippen LogP contribution is -2.41. The Morgan fingerprint density at radius 2 is 2.10 bits per heavy atom. The third-order valence-corrected chi connectivity index (χ3v) is 6.08. The molecule has 0 saturated carbocycles. The number of hydrogen-bond acceptors (Lipinski definition) is 7. The molecule has 1 aromatic carbocycles. The van der Waals surface area contributed by atoms with E-state index in [1.807, 2.05) is 31.2 Å². The van der Waals surface area contributed by atoms with Crippen LogP contribution in [0.5, 0.6) is 0 Å². The first-order chi connectivity index (χ1) is 14.0. The van der Waals surface area contributed by atoms with Crippen LogP contribution in [0.1, 0.15) is 33.8 Å². The summed E-state index contributed by atoms with van der Waals surface area (Å²) < 4.78 is 11.2. The molecular formula is C20H18N2O6S. The summed E-state index contributed by atoms with van der Waals surface area (Å²) in [6, 6.07) is 9.60. The molecule has 0 N–H and O–H groups in total. The molecule has 9 heteroatoms. The van der Waals surface area contributed by atoms with Crippen molar-refractivity contribution < 1.29 is 23.7 Å². The minimum Gasteiger partial charge on any atom is -0.457 e. The molecule has 1 aliphatic rings. The summed E-state index contributed by atoms with van der Waals surface area (Å²) in [4.78, 5) is 37.4. The zero-order chi connectivity index (χ0) is 20.5. The number of furan rings is 1. The number of likely N-dealkylation sites (tertiary alicyclic amines) is 1. The van der Waals surface area contributed by atoms with E-state index in [2.05, 4.69) is 0 Å². The fourth-order valence-electron chi connectivity index (χ4n) is 3.53. The number of aryl methyl sites for hydroxylation is 1. The van der Waals surface area contributed by atoms with Crippen molar-refractivity contribution in [3.63, 3.8) is 0 Å². The van der Waals surface area contributed by atoms with Crippen molar-refractivity contribution >= 4 is 39.2 Å². The Bertz CT molecular complexity index is 1100. The number of nitrogens with zero attached hydrogens (tertiary/aromatic N) is 2. The number of esters is 1. The molecule has 1 aliphatic heterocycles. The zero-order valence-electron chi connectivity index (χ0n) is 15.6. The molecule has 1 atom stereocenters. The van der Waals surface area contributed by atoms with E-state index >= 15 is 0 Å². The molecule has 8 nitrogen and oxygen atoms in total. The van der Waals surface area contributed by atoms with Crippen LogP contribution in [0.4, 0.5) is 5.00 Å². The fraction of sp³-hybridized carbons (Fsp3) is 0.300. The van der Waals surface area contributed by atoms with Gasteiger partial charge in [0.25, 0.3) is 5.91 Å². The van der Waals surface area contributed by atoms with Crippen LogP contribution in [-0.4, -0.2) is 34.3 Å². The molecule has 3 heterocycles. The lowest BCUT2D eigenvalue weighted by molar-refractivity contribution is -0.380. The molecular weight excluding hydrogens is 396 g/mol. The topological polar surface area (TPSA) is 103 Å². The van der Waals surface area contributed by atoms with E-state index < -0.39 is 16.9 Å². The molecule has 0 spiro atoms. The molecule has 1 unspecified atom stereocenters. The molecule has 2 aromatic heterocycles. The maximum atomic E-state index is 12.7. The standard InChI is InChI=1S/C20H18N2O6S/c1-12-13-5-2-3-7-15(13)28-16(12)11-27-20(24)14-6-4-10-21(14)19(23)17-8-9-18(29-17)22(25)26/h2-3,5,7-9,14H,4,6,10-11H2,1H3. The number of fused-ring (bicyclic) bond motifs is 1. The lowest BCUT2D eigenvalue weighted by atomic mass is 10.1. The van der Waals surface area contributed by atoms with Crippen LogP contribution in [0.2, 0.25) is 0 Å². The Morgan fingerprint density at radius 3 is 2.83 bits per heavy atom. The van der Waals surface area contributed by atoms with Gasteiger partial charge in [-0.2, -0.15) is 0 Å². The smallest absolute Gasteiger partial charge is 0.329 e. The van der Waals surface area contributed by atoms with Crippen LogP contribution < -0.4 is 0 Å².